The zero-order valence-corrected chi connectivity index (χ0v) is 12.0. The van der Waals surface area contributed by atoms with Crippen LogP contribution in [-0.2, 0) is 23.9 Å². The van der Waals surface area contributed by atoms with Gasteiger partial charge in [0, 0.05) is 5.57 Å². The van der Waals surface area contributed by atoms with Gasteiger partial charge < -0.3 is 9.47 Å². The third-order valence-electron chi connectivity index (χ3n) is 3.61. The first-order valence-corrected chi connectivity index (χ1v) is 6.32. The fourth-order valence-corrected chi connectivity index (χ4v) is 1.86. The monoisotopic (exact) mass is 268 g/mol. The number of ether oxygens (including phenoxy) is 2. The maximum absolute atomic E-state index is 12.2. The molecule has 0 unspecified atom stereocenters. The number of rotatable bonds is 4. The summed E-state index contributed by atoms with van der Waals surface area (Å²) < 4.78 is 10.2. The standard InChI is InChI=1S/C14H20O5/c1-6-8(2)13(17)19-14(4)11(15)7-10(18-5)9(3)12(14)16/h8H,6-7H2,1-5H3/t8-,14-/m1/s1. The van der Waals surface area contributed by atoms with Gasteiger partial charge in [-0.1, -0.05) is 13.8 Å². The molecule has 0 aromatic heterocycles. The molecule has 0 radical (unpaired) electrons. The lowest BCUT2D eigenvalue weighted by Gasteiger charge is -2.32. The molecule has 19 heavy (non-hydrogen) atoms. The topological polar surface area (TPSA) is 69.7 Å². The number of ketones is 2. The molecule has 5 nitrogen and oxygen atoms in total. The van der Waals surface area contributed by atoms with Crippen molar-refractivity contribution in [3.8, 4) is 0 Å². The van der Waals surface area contributed by atoms with Crippen molar-refractivity contribution in [3.63, 3.8) is 0 Å². The molecule has 1 aliphatic carbocycles. The summed E-state index contributed by atoms with van der Waals surface area (Å²) in [5.74, 6) is -1.48. The number of carbonyl (C=O) groups excluding carboxylic acids is 3. The van der Waals surface area contributed by atoms with Crippen LogP contribution in [0.4, 0.5) is 0 Å². The molecule has 0 saturated heterocycles. The summed E-state index contributed by atoms with van der Waals surface area (Å²) in [6.07, 6.45) is 0.563. The average Bonchev–Trinajstić information content (AvgIpc) is 2.39. The number of esters is 1. The predicted molar refractivity (Wildman–Crippen MR) is 68.3 cm³/mol. The molecule has 0 spiro atoms. The van der Waals surface area contributed by atoms with Crippen molar-refractivity contribution in [1.82, 2.24) is 0 Å². The third kappa shape index (κ3) is 2.69. The minimum Gasteiger partial charge on any atom is -0.500 e. The van der Waals surface area contributed by atoms with Gasteiger partial charge in [0.1, 0.15) is 5.76 Å². The lowest BCUT2D eigenvalue weighted by Crippen LogP contribution is -2.51. The maximum Gasteiger partial charge on any atom is 0.310 e. The van der Waals surface area contributed by atoms with Crippen LogP contribution in [0.15, 0.2) is 11.3 Å². The van der Waals surface area contributed by atoms with Crippen molar-refractivity contribution < 1.29 is 23.9 Å². The first-order chi connectivity index (χ1) is 8.77. The lowest BCUT2D eigenvalue weighted by molar-refractivity contribution is -0.174. The zero-order valence-electron chi connectivity index (χ0n) is 12.0. The summed E-state index contributed by atoms with van der Waals surface area (Å²) in [4.78, 5) is 36.1. The Kier molecular flexibility index (Phi) is 4.50. The highest BCUT2D eigenvalue weighted by molar-refractivity contribution is 6.20. The van der Waals surface area contributed by atoms with Gasteiger partial charge in [-0.15, -0.1) is 0 Å². The predicted octanol–water partition coefficient (Wildman–Crippen LogP) is 1.80. The Morgan fingerprint density at radius 1 is 1.42 bits per heavy atom. The highest BCUT2D eigenvalue weighted by Gasteiger charge is 2.49. The van der Waals surface area contributed by atoms with Gasteiger partial charge in [0.05, 0.1) is 19.4 Å². The molecule has 0 amide bonds. The summed E-state index contributed by atoms with van der Waals surface area (Å²) in [6.45, 7) is 6.47. The van der Waals surface area contributed by atoms with E-state index in [1.165, 1.54) is 14.0 Å². The van der Waals surface area contributed by atoms with Crippen LogP contribution in [-0.4, -0.2) is 30.2 Å². The smallest absolute Gasteiger partial charge is 0.310 e. The van der Waals surface area contributed by atoms with Gasteiger partial charge in [-0.2, -0.15) is 0 Å². The quantitative estimate of drug-likeness (QED) is 0.574. The maximum atomic E-state index is 12.2. The van der Waals surface area contributed by atoms with E-state index in [2.05, 4.69) is 0 Å². The minimum absolute atomic E-state index is 0.0294. The van der Waals surface area contributed by atoms with Gasteiger partial charge in [0.2, 0.25) is 11.4 Å². The van der Waals surface area contributed by atoms with Crippen molar-refractivity contribution in [1.29, 1.82) is 0 Å². The van der Waals surface area contributed by atoms with Gasteiger partial charge >= 0.3 is 5.97 Å². The van der Waals surface area contributed by atoms with E-state index in [0.717, 1.165) is 0 Å². The molecular formula is C14H20O5. The molecule has 0 heterocycles. The van der Waals surface area contributed by atoms with Crippen LogP contribution in [0.3, 0.4) is 0 Å². The lowest BCUT2D eigenvalue weighted by atomic mass is 9.82. The fraction of sp³-hybridized carbons (Fsp3) is 0.643. The first-order valence-electron chi connectivity index (χ1n) is 6.32. The second-order valence-corrected chi connectivity index (χ2v) is 4.95. The highest BCUT2D eigenvalue weighted by Crippen LogP contribution is 2.30. The van der Waals surface area contributed by atoms with E-state index in [-0.39, 0.29) is 12.3 Å². The van der Waals surface area contributed by atoms with Gasteiger partial charge in [-0.25, -0.2) is 0 Å². The molecule has 0 bridgehead atoms. The van der Waals surface area contributed by atoms with E-state index in [1.54, 1.807) is 13.8 Å². The van der Waals surface area contributed by atoms with Crippen LogP contribution >= 0.6 is 0 Å². The van der Waals surface area contributed by atoms with Crippen LogP contribution in [0.5, 0.6) is 0 Å². The Bertz CT molecular complexity index is 449. The van der Waals surface area contributed by atoms with E-state index >= 15 is 0 Å². The number of carbonyl (C=O) groups is 3. The Balaban J connectivity index is 3.05. The van der Waals surface area contributed by atoms with Crippen LogP contribution in [0, 0.1) is 5.92 Å². The molecule has 0 N–H and O–H groups in total. The number of Topliss-reactive ketones (excluding diaryl/α,β-unsaturated/α-hetero) is 2. The fourth-order valence-electron chi connectivity index (χ4n) is 1.86. The van der Waals surface area contributed by atoms with Crippen molar-refractivity contribution >= 4 is 17.5 Å². The van der Waals surface area contributed by atoms with Gasteiger partial charge in [0.15, 0.2) is 5.78 Å². The van der Waals surface area contributed by atoms with Crippen LogP contribution < -0.4 is 0 Å². The SMILES string of the molecule is CC[C@@H](C)C(=O)O[C@]1(C)C(=O)CC(OC)=C(C)C1=O. The van der Waals surface area contributed by atoms with Crippen molar-refractivity contribution in [2.24, 2.45) is 5.92 Å². The van der Waals surface area contributed by atoms with Crippen LogP contribution in [0.25, 0.3) is 0 Å². The van der Waals surface area contributed by atoms with E-state index < -0.39 is 23.1 Å². The molecule has 106 valence electrons. The number of methoxy groups -OCH3 is 1. The number of hydrogen-bond donors (Lipinski definition) is 0. The summed E-state index contributed by atoms with van der Waals surface area (Å²) in [5, 5.41) is 0. The van der Waals surface area contributed by atoms with Gasteiger partial charge in [-0.3, -0.25) is 14.4 Å². The molecule has 0 aromatic carbocycles. The van der Waals surface area contributed by atoms with Gasteiger partial charge in [0.25, 0.3) is 0 Å². The number of hydrogen-bond acceptors (Lipinski definition) is 5. The summed E-state index contributed by atoms with van der Waals surface area (Å²) in [6, 6.07) is 0. The number of allylic oxidation sites excluding steroid dienone is 1. The molecule has 2 atom stereocenters. The van der Waals surface area contributed by atoms with Crippen LogP contribution in [0.2, 0.25) is 0 Å². The second kappa shape index (κ2) is 5.55. The molecule has 0 aliphatic heterocycles. The first kappa shape index (κ1) is 15.4. The normalized spacial score (nSPS) is 25.3. The molecule has 1 rings (SSSR count). The van der Waals surface area contributed by atoms with Crippen LogP contribution in [0.1, 0.15) is 40.5 Å². The minimum atomic E-state index is -1.72. The largest absolute Gasteiger partial charge is 0.500 e. The van der Waals surface area contributed by atoms with E-state index in [9.17, 15) is 14.4 Å². The van der Waals surface area contributed by atoms with Crippen molar-refractivity contribution in [2.75, 3.05) is 7.11 Å². The second-order valence-electron chi connectivity index (χ2n) is 4.95. The summed E-state index contributed by atoms with van der Waals surface area (Å²) >= 11 is 0. The van der Waals surface area contributed by atoms with Crippen molar-refractivity contribution in [2.45, 2.75) is 46.1 Å². The molecule has 0 aromatic rings. The zero-order chi connectivity index (χ0) is 14.8. The summed E-state index contributed by atoms with van der Waals surface area (Å²) in [5.41, 5.74) is -1.38. The molecular weight excluding hydrogens is 248 g/mol. The van der Waals surface area contributed by atoms with Gasteiger partial charge in [-0.05, 0) is 20.3 Å². The van der Waals surface area contributed by atoms with Crippen molar-refractivity contribution in [3.05, 3.63) is 11.3 Å². The van der Waals surface area contributed by atoms with E-state index in [4.69, 9.17) is 9.47 Å². The highest BCUT2D eigenvalue weighted by atomic mass is 16.6. The molecule has 0 saturated carbocycles. The molecule has 5 heteroatoms. The third-order valence-corrected chi connectivity index (χ3v) is 3.61. The molecule has 0 fully saturated rings. The Labute approximate surface area is 112 Å². The Hall–Kier alpha value is -1.65. The Morgan fingerprint density at radius 3 is 2.47 bits per heavy atom. The van der Waals surface area contributed by atoms with E-state index in [1.807, 2.05) is 6.92 Å². The Morgan fingerprint density at radius 2 is 2.00 bits per heavy atom. The van der Waals surface area contributed by atoms with E-state index in [0.29, 0.717) is 17.8 Å². The summed E-state index contributed by atoms with van der Waals surface area (Å²) in [7, 11) is 1.41. The average molecular weight is 268 g/mol. The molecule has 1 aliphatic rings.